The van der Waals surface area contributed by atoms with Gasteiger partial charge < -0.3 is 9.80 Å². The lowest BCUT2D eigenvalue weighted by Crippen LogP contribution is -2.35. The summed E-state index contributed by atoms with van der Waals surface area (Å²) in [6.07, 6.45) is 14.2. The predicted molar refractivity (Wildman–Crippen MR) is 111 cm³/mol. The normalized spacial score (nSPS) is 26.3. The highest BCUT2D eigenvalue weighted by atomic mass is 16.2. The van der Waals surface area contributed by atoms with Crippen molar-refractivity contribution in [2.24, 2.45) is 0 Å². The number of carbonyl (C=O) groups is 1. The summed E-state index contributed by atoms with van der Waals surface area (Å²) in [4.78, 5) is 19.2. The van der Waals surface area contributed by atoms with E-state index in [1.165, 1.54) is 63.5 Å². The van der Waals surface area contributed by atoms with Crippen LogP contribution in [0.2, 0.25) is 0 Å². The third kappa shape index (κ3) is 4.21. The van der Waals surface area contributed by atoms with Crippen molar-refractivity contribution in [3.05, 3.63) is 42.1 Å². The second kappa shape index (κ2) is 8.47. The first-order valence-corrected chi connectivity index (χ1v) is 10.8. The fraction of sp³-hybridized carbons (Fsp3) is 0.609. The van der Waals surface area contributed by atoms with E-state index >= 15 is 0 Å². The molecule has 146 valence electrons. The van der Waals surface area contributed by atoms with E-state index in [4.69, 9.17) is 0 Å². The third-order valence-electron chi connectivity index (χ3n) is 6.66. The number of benzene rings is 1. The maximum atomic E-state index is 12.5. The fourth-order valence-corrected chi connectivity index (χ4v) is 5.01. The summed E-state index contributed by atoms with van der Waals surface area (Å²) in [6.45, 7) is 3.39. The van der Waals surface area contributed by atoms with Crippen molar-refractivity contribution in [1.82, 2.24) is 9.80 Å². The van der Waals surface area contributed by atoms with Gasteiger partial charge in [-0.25, -0.2) is 0 Å². The van der Waals surface area contributed by atoms with Crippen molar-refractivity contribution in [2.45, 2.75) is 63.5 Å². The number of carbonyl (C=O) groups excluding carboxylic acids is 1. The molecule has 1 amide bonds. The molecular formula is C23H33N3O. The Balaban J connectivity index is 1.38. The molecule has 1 aromatic carbocycles. The van der Waals surface area contributed by atoms with E-state index in [1.807, 2.05) is 13.2 Å². The number of nitrogens with zero attached hydrogens (tertiary/aromatic N) is 3. The monoisotopic (exact) mass is 367 g/mol. The Morgan fingerprint density at radius 3 is 2.48 bits per heavy atom. The Labute approximate surface area is 163 Å². The minimum Gasteiger partial charge on any atom is -0.377 e. The Bertz CT molecular complexity index is 663. The maximum Gasteiger partial charge on any atom is 0.252 e. The van der Waals surface area contributed by atoms with Crippen LogP contribution in [0.4, 0.5) is 5.69 Å². The molecule has 4 nitrogen and oxygen atoms in total. The van der Waals surface area contributed by atoms with Crippen LogP contribution in [0.5, 0.6) is 0 Å². The third-order valence-corrected chi connectivity index (χ3v) is 6.66. The number of piperidine rings is 2. The Morgan fingerprint density at radius 2 is 1.70 bits per heavy atom. The first kappa shape index (κ1) is 18.5. The van der Waals surface area contributed by atoms with E-state index in [0.29, 0.717) is 6.04 Å². The molecular weight excluding hydrogens is 334 g/mol. The average Bonchev–Trinajstić information content (AvgIpc) is 3.16. The molecule has 0 aliphatic carbocycles. The van der Waals surface area contributed by atoms with Gasteiger partial charge in [-0.2, -0.15) is 0 Å². The van der Waals surface area contributed by atoms with Gasteiger partial charge >= 0.3 is 0 Å². The average molecular weight is 368 g/mol. The molecule has 0 radical (unpaired) electrons. The highest BCUT2D eigenvalue weighted by Crippen LogP contribution is 2.40. The molecule has 4 heteroatoms. The molecule has 3 aliphatic rings. The first-order valence-electron chi connectivity index (χ1n) is 10.8. The van der Waals surface area contributed by atoms with Crippen molar-refractivity contribution >= 4 is 11.6 Å². The highest BCUT2D eigenvalue weighted by Gasteiger charge is 2.35. The summed E-state index contributed by atoms with van der Waals surface area (Å²) in [6, 6.07) is 10.1. The number of hydrogen-bond donors (Lipinski definition) is 0. The lowest BCUT2D eigenvalue weighted by Gasteiger charge is -2.34. The topological polar surface area (TPSA) is 26.8 Å². The van der Waals surface area contributed by atoms with Crippen LogP contribution in [-0.4, -0.2) is 48.4 Å². The molecule has 3 fully saturated rings. The van der Waals surface area contributed by atoms with Crippen LogP contribution >= 0.6 is 0 Å². The highest BCUT2D eigenvalue weighted by molar-refractivity contribution is 6.00. The Hall–Kier alpha value is -1.81. The van der Waals surface area contributed by atoms with Crippen LogP contribution < -0.4 is 4.90 Å². The molecule has 27 heavy (non-hydrogen) atoms. The number of fused-ring (bicyclic) bond motifs is 1. The minimum absolute atomic E-state index is 0.0466. The van der Waals surface area contributed by atoms with Gasteiger partial charge in [0.25, 0.3) is 5.91 Å². The summed E-state index contributed by atoms with van der Waals surface area (Å²) >= 11 is 0. The molecule has 0 saturated carbocycles. The summed E-state index contributed by atoms with van der Waals surface area (Å²) < 4.78 is 0. The molecule has 0 aromatic heterocycles. The molecule has 0 bridgehead atoms. The molecule has 3 saturated heterocycles. The standard InChI is InChI=1S/C23H33N3O/c1-24(23(27)14-18-25-15-4-2-5-16-25)20-10-8-19(9-11-20)22-13-12-21-7-3-6-17-26(21)22/h8-11,14,18,21-22H,2-7,12-13,15-17H2,1H3/t21-,22+/m1/s1. The number of amides is 1. The first-order chi connectivity index (χ1) is 13.2. The smallest absolute Gasteiger partial charge is 0.252 e. The van der Waals surface area contributed by atoms with Crippen LogP contribution in [0.3, 0.4) is 0 Å². The summed E-state index contributed by atoms with van der Waals surface area (Å²) in [7, 11) is 1.87. The van der Waals surface area contributed by atoms with Gasteiger partial charge in [-0.1, -0.05) is 18.6 Å². The molecule has 1 aromatic rings. The second-order valence-corrected chi connectivity index (χ2v) is 8.38. The van der Waals surface area contributed by atoms with Crippen LogP contribution in [-0.2, 0) is 4.79 Å². The van der Waals surface area contributed by atoms with Crippen molar-refractivity contribution in [3.8, 4) is 0 Å². The Kier molecular flexibility index (Phi) is 5.82. The summed E-state index contributed by atoms with van der Waals surface area (Å²) in [5.41, 5.74) is 2.38. The lowest BCUT2D eigenvalue weighted by molar-refractivity contribution is -0.114. The molecule has 3 aliphatic heterocycles. The number of anilines is 1. The molecule has 4 rings (SSSR count). The van der Waals surface area contributed by atoms with E-state index in [0.717, 1.165) is 24.8 Å². The van der Waals surface area contributed by atoms with E-state index < -0.39 is 0 Å². The van der Waals surface area contributed by atoms with E-state index in [2.05, 4.69) is 34.1 Å². The quantitative estimate of drug-likeness (QED) is 0.741. The van der Waals surface area contributed by atoms with Crippen molar-refractivity contribution < 1.29 is 4.79 Å². The van der Waals surface area contributed by atoms with E-state index in [9.17, 15) is 4.79 Å². The summed E-state index contributed by atoms with van der Waals surface area (Å²) in [5, 5.41) is 0. The van der Waals surface area contributed by atoms with Gasteiger partial charge in [-0.3, -0.25) is 9.69 Å². The second-order valence-electron chi connectivity index (χ2n) is 8.38. The molecule has 3 heterocycles. The van der Waals surface area contributed by atoms with Crippen molar-refractivity contribution in [1.29, 1.82) is 0 Å². The SMILES string of the molecule is CN(C(=O)C=CN1CCCCC1)c1ccc([C@@H]2CC[C@H]3CCCCN32)cc1. The van der Waals surface area contributed by atoms with Crippen LogP contribution in [0, 0.1) is 0 Å². The molecule has 2 atom stereocenters. The zero-order valence-corrected chi connectivity index (χ0v) is 16.6. The van der Waals surface area contributed by atoms with Gasteiger partial charge in [-0.15, -0.1) is 0 Å². The van der Waals surface area contributed by atoms with Crippen LogP contribution in [0.25, 0.3) is 0 Å². The van der Waals surface area contributed by atoms with Gasteiger partial charge in [0.05, 0.1) is 0 Å². The zero-order chi connectivity index (χ0) is 18.6. The minimum atomic E-state index is 0.0466. The lowest BCUT2D eigenvalue weighted by atomic mass is 10.0. The zero-order valence-electron chi connectivity index (χ0n) is 16.6. The Morgan fingerprint density at radius 1 is 0.963 bits per heavy atom. The van der Waals surface area contributed by atoms with Gasteiger partial charge in [0.2, 0.25) is 0 Å². The van der Waals surface area contributed by atoms with Crippen LogP contribution in [0.1, 0.15) is 63.0 Å². The number of rotatable bonds is 4. The number of likely N-dealkylation sites (N-methyl/N-ethyl adjacent to an activating group) is 1. The van der Waals surface area contributed by atoms with Gasteiger partial charge in [0, 0.05) is 50.2 Å². The van der Waals surface area contributed by atoms with E-state index in [1.54, 1.807) is 11.0 Å². The fourth-order valence-electron chi connectivity index (χ4n) is 5.01. The number of likely N-dealkylation sites (tertiary alicyclic amines) is 1. The maximum absolute atomic E-state index is 12.5. The van der Waals surface area contributed by atoms with Gasteiger partial charge in [-0.05, 0) is 69.2 Å². The van der Waals surface area contributed by atoms with E-state index in [-0.39, 0.29) is 5.91 Å². The largest absolute Gasteiger partial charge is 0.377 e. The molecule has 0 spiro atoms. The van der Waals surface area contributed by atoms with Gasteiger partial charge in [0.15, 0.2) is 0 Å². The van der Waals surface area contributed by atoms with Crippen molar-refractivity contribution in [2.75, 3.05) is 31.6 Å². The predicted octanol–water partition coefficient (Wildman–Crippen LogP) is 4.34. The summed E-state index contributed by atoms with van der Waals surface area (Å²) in [5.74, 6) is 0.0466. The number of hydrogen-bond acceptors (Lipinski definition) is 3. The van der Waals surface area contributed by atoms with Gasteiger partial charge in [0.1, 0.15) is 0 Å². The van der Waals surface area contributed by atoms with Crippen LogP contribution in [0.15, 0.2) is 36.5 Å². The molecule has 0 unspecified atom stereocenters. The van der Waals surface area contributed by atoms with Crippen molar-refractivity contribution in [3.63, 3.8) is 0 Å². The molecule has 0 N–H and O–H groups in total.